The van der Waals surface area contributed by atoms with Crippen LogP contribution in [0.5, 0.6) is 0 Å². The summed E-state index contributed by atoms with van der Waals surface area (Å²) >= 11 is 5.66. The van der Waals surface area contributed by atoms with E-state index in [1.54, 1.807) is 0 Å². The van der Waals surface area contributed by atoms with Gasteiger partial charge in [0.2, 0.25) is 0 Å². The van der Waals surface area contributed by atoms with Gasteiger partial charge in [-0.25, -0.2) is 0 Å². The molecule has 0 heterocycles. The minimum Gasteiger partial charge on any atom is -0.316 e. The number of nitrogens with zero attached hydrogens (tertiary/aromatic N) is 3. The van der Waals surface area contributed by atoms with E-state index >= 15 is 0 Å². The Hall–Kier alpha value is -1.76. The zero-order valence-corrected chi connectivity index (χ0v) is 9.13. The standard InChI is InChI=1S/C7H8ClN5O4/c8-7(13(16)17)3-6(11,12(14)15)1-4(2-9)5(7)10/h1,5H,3,10-11H2. The highest BCUT2D eigenvalue weighted by molar-refractivity contribution is 6.23. The molecule has 9 nitrogen and oxygen atoms in total. The third kappa shape index (κ3) is 1.93. The number of nitrogens with two attached hydrogens (primary N) is 2. The molecule has 0 fully saturated rings. The van der Waals surface area contributed by atoms with Crippen molar-refractivity contribution in [1.82, 2.24) is 0 Å². The fourth-order valence-electron chi connectivity index (χ4n) is 1.55. The Morgan fingerprint density at radius 1 is 1.53 bits per heavy atom. The first kappa shape index (κ1) is 13.3. The summed E-state index contributed by atoms with van der Waals surface area (Å²) < 4.78 is 0. The molecule has 10 heteroatoms. The lowest BCUT2D eigenvalue weighted by Crippen LogP contribution is -2.62. The highest BCUT2D eigenvalue weighted by atomic mass is 35.5. The molecule has 0 aliphatic heterocycles. The number of hydrogen-bond acceptors (Lipinski definition) is 7. The number of rotatable bonds is 2. The van der Waals surface area contributed by atoms with Gasteiger partial charge in [-0.1, -0.05) is 0 Å². The van der Waals surface area contributed by atoms with E-state index < -0.39 is 33.0 Å². The van der Waals surface area contributed by atoms with Gasteiger partial charge in [-0.15, -0.1) is 0 Å². The van der Waals surface area contributed by atoms with Crippen molar-refractivity contribution in [3.63, 3.8) is 0 Å². The van der Waals surface area contributed by atoms with E-state index in [-0.39, 0.29) is 5.57 Å². The maximum atomic E-state index is 10.8. The third-order valence-electron chi connectivity index (χ3n) is 2.52. The molecule has 1 rings (SSSR count). The predicted octanol–water partition coefficient (Wildman–Crippen LogP) is -0.689. The van der Waals surface area contributed by atoms with Gasteiger partial charge in [0.15, 0.2) is 0 Å². The van der Waals surface area contributed by atoms with Crippen LogP contribution in [0.1, 0.15) is 6.42 Å². The van der Waals surface area contributed by atoms with Crippen LogP contribution in [0.4, 0.5) is 0 Å². The summed E-state index contributed by atoms with van der Waals surface area (Å²) in [6.07, 6.45) is 0.00962. The zero-order chi connectivity index (χ0) is 13.4. The molecule has 0 spiro atoms. The van der Waals surface area contributed by atoms with Crippen molar-refractivity contribution in [2.45, 2.75) is 23.1 Å². The quantitative estimate of drug-likeness (QED) is 0.218. The Bertz CT molecular complexity index is 460. The van der Waals surface area contributed by atoms with Crippen LogP contribution in [-0.2, 0) is 0 Å². The molecular weight excluding hydrogens is 254 g/mol. The normalized spacial score (nSPS) is 36.8. The molecule has 4 N–H and O–H groups in total. The predicted molar refractivity (Wildman–Crippen MR) is 55.8 cm³/mol. The molecule has 0 aromatic rings. The monoisotopic (exact) mass is 261 g/mol. The van der Waals surface area contributed by atoms with E-state index in [0.29, 0.717) is 0 Å². The van der Waals surface area contributed by atoms with Gasteiger partial charge in [0.1, 0.15) is 12.5 Å². The van der Waals surface area contributed by atoms with Crippen LogP contribution < -0.4 is 11.5 Å². The Labute approximate surface area is 99.9 Å². The molecule has 0 radical (unpaired) electrons. The largest absolute Gasteiger partial charge is 0.323 e. The molecule has 0 aromatic heterocycles. The second-order valence-electron chi connectivity index (χ2n) is 3.69. The lowest BCUT2D eigenvalue weighted by atomic mass is 9.84. The molecule has 0 aromatic carbocycles. The van der Waals surface area contributed by atoms with Crippen LogP contribution in [0.3, 0.4) is 0 Å². The lowest BCUT2D eigenvalue weighted by molar-refractivity contribution is -0.594. The fraction of sp³-hybridized carbons (Fsp3) is 0.571. The molecule has 17 heavy (non-hydrogen) atoms. The SMILES string of the molecule is N#CC1=CC(N)([N+](=O)[O-])CC(Cl)([N+](=O)[O-])C1N. The minimum atomic E-state index is -2.36. The average Bonchev–Trinajstić information content (AvgIpc) is 2.23. The van der Waals surface area contributed by atoms with Crippen LogP contribution in [0.15, 0.2) is 11.6 Å². The highest BCUT2D eigenvalue weighted by Gasteiger charge is 2.61. The lowest BCUT2D eigenvalue weighted by Gasteiger charge is -2.32. The van der Waals surface area contributed by atoms with E-state index in [9.17, 15) is 20.2 Å². The van der Waals surface area contributed by atoms with E-state index in [2.05, 4.69) is 0 Å². The summed E-state index contributed by atoms with van der Waals surface area (Å²) in [4.78, 5) is 17.3. The molecule has 3 atom stereocenters. The minimum absolute atomic E-state index is 0.373. The fourth-order valence-corrected chi connectivity index (χ4v) is 1.88. The first-order valence-corrected chi connectivity index (χ1v) is 4.70. The summed E-state index contributed by atoms with van der Waals surface area (Å²) in [5, 5.41) is 30.3. The average molecular weight is 262 g/mol. The third-order valence-corrected chi connectivity index (χ3v) is 3.03. The molecule has 3 unspecified atom stereocenters. The maximum absolute atomic E-state index is 10.8. The van der Waals surface area contributed by atoms with E-state index in [1.807, 2.05) is 0 Å². The second kappa shape index (κ2) is 3.92. The van der Waals surface area contributed by atoms with Crippen molar-refractivity contribution >= 4 is 11.6 Å². The van der Waals surface area contributed by atoms with Crippen LogP contribution in [0.2, 0.25) is 0 Å². The number of hydrogen-bond donors (Lipinski definition) is 2. The Morgan fingerprint density at radius 3 is 2.41 bits per heavy atom. The maximum Gasteiger partial charge on any atom is 0.323 e. The van der Waals surface area contributed by atoms with Crippen molar-refractivity contribution < 1.29 is 9.85 Å². The summed E-state index contributed by atoms with van der Waals surface area (Å²) in [6, 6.07) is 0.0929. The van der Waals surface area contributed by atoms with Crippen LogP contribution in [0.25, 0.3) is 0 Å². The summed E-state index contributed by atoms with van der Waals surface area (Å²) in [5.74, 6) is 0. The number of halogens is 1. The molecule has 0 bridgehead atoms. The van der Waals surface area contributed by atoms with Crippen molar-refractivity contribution in [2.24, 2.45) is 11.5 Å². The number of alkyl halides is 1. The first-order valence-electron chi connectivity index (χ1n) is 4.32. The van der Waals surface area contributed by atoms with Gasteiger partial charge < -0.3 is 5.73 Å². The van der Waals surface area contributed by atoms with Gasteiger partial charge in [0.05, 0.1) is 11.6 Å². The zero-order valence-electron chi connectivity index (χ0n) is 8.37. The van der Waals surface area contributed by atoms with E-state index in [1.165, 1.54) is 6.07 Å². The van der Waals surface area contributed by atoms with Crippen LogP contribution >= 0.6 is 11.6 Å². The molecule has 1 aliphatic rings. The second-order valence-corrected chi connectivity index (χ2v) is 4.34. The van der Waals surface area contributed by atoms with Crippen LogP contribution in [-0.4, -0.2) is 26.5 Å². The number of nitriles is 1. The Kier molecular flexibility index (Phi) is 3.07. The highest BCUT2D eigenvalue weighted by Crippen LogP contribution is 2.37. The smallest absolute Gasteiger partial charge is 0.316 e. The van der Waals surface area contributed by atoms with Gasteiger partial charge in [-0.05, 0) is 11.6 Å². The summed E-state index contributed by atoms with van der Waals surface area (Å²) in [6.45, 7) is 0. The van der Waals surface area contributed by atoms with Gasteiger partial charge in [-0.3, -0.25) is 26.0 Å². The Morgan fingerprint density at radius 2 is 2.06 bits per heavy atom. The van der Waals surface area contributed by atoms with Crippen molar-refractivity contribution in [3.05, 3.63) is 31.9 Å². The first-order chi connectivity index (χ1) is 7.67. The summed E-state index contributed by atoms with van der Waals surface area (Å²) in [5.41, 5.74) is 8.18. The van der Waals surface area contributed by atoms with Gasteiger partial charge in [0.25, 0.3) is 0 Å². The molecule has 0 saturated carbocycles. The molecule has 1 aliphatic carbocycles. The van der Waals surface area contributed by atoms with Gasteiger partial charge in [0, 0.05) is 15.9 Å². The van der Waals surface area contributed by atoms with Gasteiger partial charge in [-0.2, -0.15) is 5.26 Å². The van der Waals surface area contributed by atoms with Crippen LogP contribution in [0, 0.1) is 31.6 Å². The molecule has 0 amide bonds. The van der Waals surface area contributed by atoms with Gasteiger partial charge >= 0.3 is 10.7 Å². The van der Waals surface area contributed by atoms with E-state index in [0.717, 1.165) is 6.08 Å². The Balaban J connectivity index is 3.39. The van der Waals surface area contributed by atoms with Crippen molar-refractivity contribution in [1.29, 1.82) is 5.26 Å². The van der Waals surface area contributed by atoms with E-state index in [4.69, 9.17) is 28.3 Å². The molecular formula is C7H8ClN5O4. The molecule has 92 valence electrons. The van der Waals surface area contributed by atoms with Crippen molar-refractivity contribution in [2.75, 3.05) is 0 Å². The molecule has 0 saturated heterocycles. The summed E-state index contributed by atoms with van der Waals surface area (Å²) in [7, 11) is 0. The topological polar surface area (TPSA) is 162 Å². The number of nitro groups is 2. The van der Waals surface area contributed by atoms with Crippen molar-refractivity contribution in [3.8, 4) is 6.07 Å².